The van der Waals surface area contributed by atoms with E-state index in [9.17, 15) is 5.11 Å². The first-order chi connectivity index (χ1) is 9.19. The van der Waals surface area contributed by atoms with Gasteiger partial charge in [-0.15, -0.1) is 6.42 Å². The molecular formula is C18H16O. The second-order valence-electron chi connectivity index (χ2n) is 5.34. The van der Waals surface area contributed by atoms with Crippen LogP contribution in [0.15, 0.2) is 60.7 Å². The quantitative estimate of drug-likeness (QED) is 0.810. The van der Waals surface area contributed by atoms with Crippen molar-refractivity contribution < 1.29 is 5.11 Å². The molecule has 0 bridgehead atoms. The van der Waals surface area contributed by atoms with Crippen molar-refractivity contribution >= 4 is 0 Å². The molecular weight excluding hydrogens is 232 g/mol. The van der Waals surface area contributed by atoms with E-state index in [0.29, 0.717) is 12.8 Å². The lowest BCUT2D eigenvalue weighted by Gasteiger charge is -2.51. The van der Waals surface area contributed by atoms with Gasteiger partial charge < -0.3 is 5.11 Å². The van der Waals surface area contributed by atoms with E-state index in [0.717, 1.165) is 0 Å². The Morgan fingerprint density at radius 1 is 0.842 bits per heavy atom. The Bertz CT molecular complexity index is 560. The number of rotatable bonds is 2. The van der Waals surface area contributed by atoms with E-state index < -0.39 is 5.60 Å². The van der Waals surface area contributed by atoms with E-state index in [1.54, 1.807) is 0 Å². The van der Waals surface area contributed by atoms with Gasteiger partial charge in [0.25, 0.3) is 0 Å². The number of benzene rings is 2. The molecule has 0 radical (unpaired) electrons. The van der Waals surface area contributed by atoms with Gasteiger partial charge in [-0.05, 0) is 11.1 Å². The van der Waals surface area contributed by atoms with Crippen molar-refractivity contribution in [2.45, 2.75) is 23.9 Å². The first kappa shape index (κ1) is 12.0. The maximum Gasteiger partial charge on any atom is 0.127 e. The van der Waals surface area contributed by atoms with Crippen LogP contribution in [0.25, 0.3) is 0 Å². The average molecular weight is 248 g/mol. The molecule has 1 nitrogen and oxygen atoms in total. The van der Waals surface area contributed by atoms with Crippen LogP contribution in [0.5, 0.6) is 0 Å². The molecule has 0 amide bonds. The monoisotopic (exact) mass is 248 g/mol. The Hall–Kier alpha value is -2.04. The maximum absolute atomic E-state index is 10.2. The molecule has 0 heterocycles. The minimum atomic E-state index is -0.967. The summed E-state index contributed by atoms with van der Waals surface area (Å²) in [5, 5.41) is 10.2. The molecule has 1 fully saturated rings. The fourth-order valence-corrected chi connectivity index (χ4v) is 3.14. The molecule has 2 aromatic carbocycles. The number of hydrogen-bond acceptors (Lipinski definition) is 1. The first-order valence-electron chi connectivity index (χ1n) is 6.50. The van der Waals surface area contributed by atoms with Gasteiger partial charge in [0.2, 0.25) is 0 Å². The van der Waals surface area contributed by atoms with E-state index in [4.69, 9.17) is 6.42 Å². The highest BCUT2D eigenvalue weighted by atomic mass is 16.3. The lowest BCUT2D eigenvalue weighted by atomic mass is 9.53. The fraction of sp³-hybridized carbons (Fsp3) is 0.222. The van der Waals surface area contributed by atoms with Gasteiger partial charge in [0.1, 0.15) is 5.60 Å². The highest BCUT2D eigenvalue weighted by Gasteiger charge is 2.54. The fourth-order valence-electron chi connectivity index (χ4n) is 3.14. The maximum atomic E-state index is 10.2. The molecule has 2 aromatic rings. The number of aliphatic hydroxyl groups is 1. The van der Waals surface area contributed by atoms with Gasteiger partial charge in [0.05, 0.1) is 0 Å². The largest absolute Gasteiger partial charge is 0.378 e. The van der Waals surface area contributed by atoms with Gasteiger partial charge in [-0.25, -0.2) is 0 Å². The molecule has 19 heavy (non-hydrogen) atoms. The zero-order chi connectivity index (χ0) is 13.3. The van der Waals surface area contributed by atoms with E-state index in [-0.39, 0.29) is 5.41 Å². The van der Waals surface area contributed by atoms with Crippen LogP contribution in [-0.4, -0.2) is 10.7 Å². The van der Waals surface area contributed by atoms with Crippen molar-refractivity contribution in [3.8, 4) is 12.3 Å². The highest BCUT2D eigenvalue weighted by Crippen LogP contribution is 2.54. The van der Waals surface area contributed by atoms with Crippen molar-refractivity contribution in [1.29, 1.82) is 0 Å². The Balaban J connectivity index is 2.08. The standard InChI is InChI=1S/C18H16O/c1-2-17(19)13-18(14-17,15-9-5-3-6-10-15)16-11-7-4-8-12-16/h1,3-12,19H,13-14H2. The zero-order valence-corrected chi connectivity index (χ0v) is 10.7. The molecule has 0 unspecified atom stereocenters. The SMILES string of the molecule is C#CC1(O)CC(c2ccccc2)(c2ccccc2)C1. The van der Waals surface area contributed by atoms with Crippen molar-refractivity contribution in [2.24, 2.45) is 0 Å². The third-order valence-electron chi connectivity index (χ3n) is 4.11. The smallest absolute Gasteiger partial charge is 0.127 e. The van der Waals surface area contributed by atoms with Gasteiger partial charge in [0, 0.05) is 18.3 Å². The summed E-state index contributed by atoms with van der Waals surface area (Å²) in [6.45, 7) is 0. The molecule has 1 N–H and O–H groups in total. The van der Waals surface area contributed by atoms with Crippen LogP contribution >= 0.6 is 0 Å². The van der Waals surface area contributed by atoms with Crippen molar-refractivity contribution in [3.05, 3.63) is 71.8 Å². The third-order valence-corrected chi connectivity index (χ3v) is 4.11. The van der Waals surface area contributed by atoms with E-state index in [1.807, 2.05) is 36.4 Å². The Morgan fingerprint density at radius 2 is 1.26 bits per heavy atom. The van der Waals surface area contributed by atoms with Crippen molar-refractivity contribution in [2.75, 3.05) is 0 Å². The van der Waals surface area contributed by atoms with Gasteiger partial charge in [-0.2, -0.15) is 0 Å². The van der Waals surface area contributed by atoms with Crippen LogP contribution in [0.1, 0.15) is 24.0 Å². The molecule has 0 saturated heterocycles. The number of terminal acetylenes is 1. The zero-order valence-electron chi connectivity index (χ0n) is 10.7. The topological polar surface area (TPSA) is 20.2 Å². The normalized spacial score (nSPS) is 19.2. The molecule has 1 aliphatic carbocycles. The molecule has 0 aliphatic heterocycles. The number of hydrogen-bond donors (Lipinski definition) is 1. The molecule has 3 rings (SSSR count). The summed E-state index contributed by atoms with van der Waals surface area (Å²) in [5.74, 6) is 2.53. The summed E-state index contributed by atoms with van der Waals surface area (Å²) in [7, 11) is 0. The second-order valence-corrected chi connectivity index (χ2v) is 5.34. The minimum absolute atomic E-state index is 0.149. The van der Waals surface area contributed by atoms with E-state index in [1.165, 1.54) is 11.1 Å². The Kier molecular flexibility index (Phi) is 2.69. The summed E-state index contributed by atoms with van der Waals surface area (Å²) in [4.78, 5) is 0. The van der Waals surface area contributed by atoms with Crippen LogP contribution in [0.2, 0.25) is 0 Å². The molecule has 0 spiro atoms. The summed E-state index contributed by atoms with van der Waals surface area (Å²) in [5.41, 5.74) is 1.33. The predicted molar refractivity (Wildman–Crippen MR) is 76.7 cm³/mol. The molecule has 0 aromatic heterocycles. The van der Waals surface area contributed by atoms with Gasteiger partial charge in [-0.1, -0.05) is 66.6 Å². The van der Waals surface area contributed by atoms with Crippen molar-refractivity contribution in [1.82, 2.24) is 0 Å². The van der Waals surface area contributed by atoms with Gasteiger partial charge in [-0.3, -0.25) is 0 Å². The van der Waals surface area contributed by atoms with Gasteiger partial charge >= 0.3 is 0 Å². The van der Waals surface area contributed by atoms with Crippen LogP contribution in [0, 0.1) is 12.3 Å². The highest BCUT2D eigenvalue weighted by molar-refractivity contribution is 5.46. The third kappa shape index (κ3) is 1.85. The molecule has 0 atom stereocenters. The minimum Gasteiger partial charge on any atom is -0.378 e. The van der Waals surface area contributed by atoms with Crippen molar-refractivity contribution in [3.63, 3.8) is 0 Å². The average Bonchev–Trinajstić information content (AvgIpc) is 2.45. The van der Waals surface area contributed by atoms with Gasteiger partial charge in [0.15, 0.2) is 0 Å². The van der Waals surface area contributed by atoms with Crippen LogP contribution in [0.3, 0.4) is 0 Å². The summed E-state index contributed by atoms with van der Waals surface area (Å²) < 4.78 is 0. The molecule has 1 aliphatic rings. The second kappa shape index (κ2) is 4.26. The lowest BCUT2D eigenvalue weighted by Crippen LogP contribution is -2.54. The summed E-state index contributed by atoms with van der Waals surface area (Å²) in [6.07, 6.45) is 6.62. The summed E-state index contributed by atoms with van der Waals surface area (Å²) >= 11 is 0. The lowest BCUT2D eigenvalue weighted by molar-refractivity contribution is -0.0263. The van der Waals surface area contributed by atoms with Crippen LogP contribution < -0.4 is 0 Å². The Morgan fingerprint density at radius 3 is 1.63 bits per heavy atom. The molecule has 94 valence electrons. The predicted octanol–water partition coefficient (Wildman–Crippen LogP) is 3.13. The molecule has 1 saturated carbocycles. The van der Waals surface area contributed by atoms with E-state index >= 15 is 0 Å². The molecule has 1 heteroatoms. The summed E-state index contributed by atoms with van der Waals surface area (Å²) in [6, 6.07) is 20.6. The van der Waals surface area contributed by atoms with Crippen LogP contribution in [-0.2, 0) is 5.41 Å². The van der Waals surface area contributed by atoms with E-state index in [2.05, 4.69) is 30.2 Å². The first-order valence-corrected chi connectivity index (χ1v) is 6.50. The Labute approximate surface area is 113 Å². The van der Waals surface area contributed by atoms with Crippen LogP contribution in [0.4, 0.5) is 0 Å².